The summed E-state index contributed by atoms with van der Waals surface area (Å²) in [5, 5.41) is 8.93. The van der Waals surface area contributed by atoms with Crippen LogP contribution in [-0.4, -0.2) is 24.7 Å². The number of hydrogen-bond acceptors (Lipinski definition) is 7. The Bertz CT molecular complexity index is 504. The van der Waals surface area contributed by atoms with Crippen molar-refractivity contribution in [2.45, 2.75) is 4.21 Å². The van der Waals surface area contributed by atoms with Gasteiger partial charge in [0.05, 0.1) is 22.8 Å². The lowest BCUT2D eigenvalue weighted by Crippen LogP contribution is -2.12. The Hall–Kier alpha value is -1.72. The molecule has 1 heterocycles. The van der Waals surface area contributed by atoms with E-state index in [1.165, 1.54) is 7.11 Å². The van der Waals surface area contributed by atoms with Gasteiger partial charge in [0.2, 0.25) is 5.91 Å². The molecule has 0 atom stereocenters. The molecule has 0 radical (unpaired) electrons. The van der Waals surface area contributed by atoms with Gasteiger partial charge in [-0.05, 0) is 0 Å². The maximum Gasteiger partial charge on any atom is 0.350 e. The number of ether oxygens (including phenoxy) is 1. The number of anilines is 1. The summed E-state index contributed by atoms with van der Waals surface area (Å²) in [4.78, 5) is 22.2. The van der Waals surface area contributed by atoms with Crippen molar-refractivity contribution in [1.82, 2.24) is 0 Å². The normalized spacial score (nSPS) is 9.65. The lowest BCUT2D eigenvalue weighted by molar-refractivity contribution is -0.115. The average Bonchev–Trinajstić information content (AvgIpc) is 2.62. The molecule has 4 N–H and O–H groups in total. The maximum atomic E-state index is 11.4. The molecule has 0 aromatic carbocycles. The predicted octanol–water partition coefficient (Wildman–Crippen LogP) is 0.566. The molecular weight excluding hydrogens is 262 g/mol. The van der Waals surface area contributed by atoms with E-state index in [0.29, 0.717) is 4.21 Å². The van der Waals surface area contributed by atoms with Gasteiger partial charge in [0.25, 0.3) is 0 Å². The first-order valence-electron chi connectivity index (χ1n) is 4.33. The maximum absolute atomic E-state index is 11.4. The van der Waals surface area contributed by atoms with Gasteiger partial charge in [0.15, 0.2) is 0 Å². The van der Waals surface area contributed by atoms with E-state index in [1.807, 2.05) is 6.07 Å². The molecule has 0 spiro atoms. The van der Waals surface area contributed by atoms with Crippen LogP contribution < -0.4 is 11.5 Å². The van der Waals surface area contributed by atoms with Crippen LogP contribution >= 0.6 is 23.1 Å². The number of nitrogens with two attached hydrogens (primary N) is 2. The molecule has 1 aromatic rings. The molecule has 0 aliphatic rings. The minimum Gasteiger partial charge on any atom is -0.465 e. The summed E-state index contributed by atoms with van der Waals surface area (Å²) in [5.74, 6) is -1.09. The molecule has 0 aliphatic heterocycles. The fourth-order valence-electron chi connectivity index (χ4n) is 1.01. The highest BCUT2D eigenvalue weighted by Gasteiger charge is 2.21. The van der Waals surface area contributed by atoms with Crippen LogP contribution in [0, 0.1) is 11.3 Å². The highest BCUT2D eigenvalue weighted by Crippen LogP contribution is 2.37. The van der Waals surface area contributed by atoms with Crippen LogP contribution in [-0.2, 0) is 9.53 Å². The summed E-state index contributed by atoms with van der Waals surface area (Å²) in [6, 6.07) is 1.89. The number of rotatable bonds is 4. The molecule has 1 aromatic heterocycles. The summed E-state index contributed by atoms with van der Waals surface area (Å²) >= 11 is 2.09. The van der Waals surface area contributed by atoms with Crippen LogP contribution in [0.1, 0.15) is 15.2 Å². The van der Waals surface area contributed by atoms with Crippen LogP contribution in [0.15, 0.2) is 4.21 Å². The van der Waals surface area contributed by atoms with Crippen LogP contribution in [0.5, 0.6) is 0 Å². The van der Waals surface area contributed by atoms with E-state index in [1.54, 1.807) is 0 Å². The second kappa shape index (κ2) is 5.56. The Morgan fingerprint density at radius 2 is 2.24 bits per heavy atom. The molecule has 8 heteroatoms. The second-order valence-electron chi connectivity index (χ2n) is 2.87. The zero-order valence-electron chi connectivity index (χ0n) is 8.85. The van der Waals surface area contributed by atoms with Crippen molar-refractivity contribution in [2.24, 2.45) is 5.73 Å². The third-order valence-corrected chi connectivity index (χ3v) is 4.22. The van der Waals surface area contributed by atoms with Gasteiger partial charge in [-0.15, -0.1) is 23.1 Å². The Morgan fingerprint density at radius 1 is 1.59 bits per heavy atom. The smallest absolute Gasteiger partial charge is 0.350 e. The van der Waals surface area contributed by atoms with E-state index in [-0.39, 0.29) is 21.9 Å². The van der Waals surface area contributed by atoms with Crippen molar-refractivity contribution >= 4 is 40.7 Å². The van der Waals surface area contributed by atoms with Crippen molar-refractivity contribution in [3.8, 4) is 6.07 Å². The third-order valence-electron chi connectivity index (χ3n) is 1.74. The molecule has 0 fully saturated rings. The Kier molecular flexibility index (Phi) is 4.37. The number of carbonyl (C=O) groups is 2. The lowest BCUT2D eigenvalue weighted by Gasteiger charge is -1.95. The molecule has 0 unspecified atom stereocenters. The summed E-state index contributed by atoms with van der Waals surface area (Å²) in [5.41, 5.74) is 10.9. The Morgan fingerprint density at radius 3 is 2.71 bits per heavy atom. The van der Waals surface area contributed by atoms with E-state index in [2.05, 4.69) is 4.74 Å². The van der Waals surface area contributed by atoms with Crippen LogP contribution in [0.3, 0.4) is 0 Å². The number of thioether (sulfide) groups is 1. The number of nitrogens with zero attached hydrogens (tertiary/aromatic N) is 1. The molecular formula is C9H9N3O3S2. The van der Waals surface area contributed by atoms with E-state index >= 15 is 0 Å². The van der Waals surface area contributed by atoms with Crippen LogP contribution in [0.2, 0.25) is 0 Å². The summed E-state index contributed by atoms with van der Waals surface area (Å²) < 4.78 is 5.03. The fraction of sp³-hybridized carbons (Fsp3) is 0.222. The number of hydrogen-bond donors (Lipinski definition) is 2. The van der Waals surface area contributed by atoms with Gasteiger partial charge in [-0.1, -0.05) is 0 Å². The zero-order valence-corrected chi connectivity index (χ0v) is 10.5. The van der Waals surface area contributed by atoms with Gasteiger partial charge in [0, 0.05) is 0 Å². The number of amides is 1. The summed E-state index contributed by atoms with van der Waals surface area (Å²) in [6.45, 7) is 0. The monoisotopic (exact) mass is 271 g/mol. The first kappa shape index (κ1) is 13.3. The van der Waals surface area contributed by atoms with Crippen molar-refractivity contribution in [2.75, 3.05) is 18.6 Å². The van der Waals surface area contributed by atoms with E-state index in [4.69, 9.17) is 16.7 Å². The van der Waals surface area contributed by atoms with Crippen molar-refractivity contribution in [1.29, 1.82) is 5.26 Å². The minimum atomic E-state index is -0.602. The Balaban J connectivity index is 3.10. The molecule has 1 amide bonds. The molecule has 6 nitrogen and oxygen atoms in total. The van der Waals surface area contributed by atoms with Crippen LogP contribution in [0.25, 0.3) is 0 Å². The Labute approximate surface area is 106 Å². The van der Waals surface area contributed by atoms with Crippen molar-refractivity contribution in [3.05, 3.63) is 10.4 Å². The topological polar surface area (TPSA) is 119 Å². The van der Waals surface area contributed by atoms with Gasteiger partial charge in [0.1, 0.15) is 16.5 Å². The number of nitrogen functional groups attached to an aromatic ring is 1. The fourth-order valence-corrected chi connectivity index (χ4v) is 3.07. The zero-order chi connectivity index (χ0) is 13.0. The van der Waals surface area contributed by atoms with Gasteiger partial charge in [-0.3, -0.25) is 4.79 Å². The molecule has 0 saturated heterocycles. The van der Waals surface area contributed by atoms with Gasteiger partial charge in [-0.25, -0.2) is 4.79 Å². The minimum absolute atomic E-state index is 0.0231. The molecule has 0 saturated carbocycles. The predicted molar refractivity (Wildman–Crippen MR) is 64.7 cm³/mol. The molecule has 0 aliphatic carbocycles. The third kappa shape index (κ3) is 2.89. The number of esters is 1. The second-order valence-corrected chi connectivity index (χ2v) is 5.13. The highest BCUT2D eigenvalue weighted by atomic mass is 32.2. The standard InChI is InChI=1S/C9H9N3O3S2/c1-15-8(14)7-6(12)4(2-10)9(17-7)16-3-5(11)13/h3,12H2,1H3,(H2,11,13). The van der Waals surface area contributed by atoms with Crippen LogP contribution in [0.4, 0.5) is 5.69 Å². The SMILES string of the molecule is COC(=O)c1sc(SCC(N)=O)c(C#N)c1N. The van der Waals surface area contributed by atoms with Crippen molar-refractivity contribution < 1.29 is 14.3 Å². The highest BCUT2D eigenvalue weighted by molar-refractivity contribution is 8.01. The number of carbonyl (C=O) groups excluding carboxylic acids is 2. The lowest BCUT2D eigenvalue weighted by atomic mass is 10.3. The number of primary amides is 1. The largest absolute Gasteiger partial charge is 0.465 e. The molecule has 0 bridgehead atoms. The molecule has 17 heavy (non-hydrogen) atoms. The first-order chi connectivity index (χ1) is 8.01. The summed E-state index contributed by atoms with van der Waals surface area (Å²) in [7, 11) is 1.23. The number of thiophene rings is 1. The van der Waals surface area contributed by atoms with Gasteiger partial charge < -0.3 is 16.2 Å². The molecule has 1 rings (SSSR count). The first-order valence-corrected chi connectivity index (χ1v) is 6.13. The quantitative estimate of drug-likeness (QED) is 0.610. The number of nitriles is 1. The summed E-state index contributed by atoms with van der Waals surface area (Å²) in [6.07, 6.45) is 0. The van der Waals surface area contributed by atoms with E-state index < -0.39 is 11.9 Å². The van der Waals surface area contributed by atoms with Gasteiger partial charge in [-0.2, -0.15) is 5.26 Å². The van der Waals surface area contributed by atoms with Crippen molar-refractivity contribution in [3.63, 3.8) is 0 Å². The molecule has 90 valence electrons. The van der Waals surface area contributed by atoms with Gasteiger partial charge >= 0.3 is 5.97 Å². The van der Waals surface area contributed by atoms with E-state index in [9.17, 15) is 9.59 Å². The number of methoxy groups -OCH3 is 1. The van der Waals surface area contributed by atoms with E-state index in [0.717, 1.165) is 23.1 Å². The average molecular weight is 271 g/mol.